The number of pyridine rings is 1. The van der Waals surface area contributed by atoms with Crippen LogP contribution in [0.15, 0.2) is 42.6 Å². The number of anilines is 2. The van der Waals surface area contributed by atoms with E-state index in [0.717, 1.165) is 37.3 Å². The Bertz CT molecular complexity index is 620. The predicted molar refractivity (Wildman–Crippen MR) is 95.5 cm³/mol. The van der Waals surface area contributed by atoms with Crippen molar-refractivity contribution >= 4 is 28.9 Å². The summed E-state index contributed by atoms with van der Waals surface area (Å²) in [5, 5.41) is 3.93. The first kappa shape index (κ1) is 17.3. The van der Waals surface area contributed by atoms with Gasteiger partial charge in [0.1, 0.15) is 5.69 Å². The van der Waals surface area contributed by atoms with E-state index in [-0.39, 0.29) is 5.91 Å². The molecule has 4 nitrogen and oxygen atoms in total. The zero-order valence-electron chi connectivity index (χ0n) is 13.6. The normalized spacial score (nSPS) is 10.4. The Morgan fingerprint density at radius 1 is 1.04 bits per heavy atom. The van der Waals surface area contributed by atoms with Crippen molar-refractivity contribution in [3.63, 3.8) is 0 Å². The molecule has 0 atom stereocenters. The molecule has 2 aromatic rings. The number of rotatable bonds is 7. The fourth-order valence-electron chi connectivity index (χ4n) is 2.31. The minimum Gasteiger partial charge on any atom is -0.354 e. The van der Waals surface area contributed by atoms with Crippen LogP contribution in [0.5, 0.6) is 0 Å². The van der Waals surface area contributed by atoms with Gasteiger partial charge in [-0.1, -0.05) is 25.4 Å². The van der Waals surface area contributed by atoms with Crippen molar-refractivity contribution in [2.75, 3.05) is 18.4 Å². The topological polar surface area (TPSA) is 45.2 Å². The van der Waals surface area contributed by atoms with Crippen LogP contribution >= 0.6 is 11.6 Å². The first-order valence-corrected chi connectivity index (χ1v) is 8.29. The van der Waals surface area contributed by atoms with E-state index in [1.165, 1.54) is 0 Å². The van der Waals surface area contributed by atoms with Crippen LogP contribution in [0, 0.1) is 0 Å². The Labute approximate surface area is 142 Å². The highest BCUT2D eigenvalue weighted by atomic mass is 35.5. The van der Waals surface area contributed by atoms with Crippen LogP contribution in [0.2, 0.25) is 5.02 Å². The number of carbonyl (C=O) groups is 1. The Balaban J connectivity index is 2.05. The van der Waals surface area contributed by atoms with Crippen LogP contribution in [0.4, 0.5) is 11.4 Å². The van der Waals surface area contributed by atoms with Crippen molar-refractivity contribution in [1.29, 1.82) is 0 Å². The summed E-state index contributed by atoms with van der Waals surface area (Å²) in [6, 6.07) is 11.1. The second-order valence-corrected chi connectivity index (χ2v) is 5.79. The highest BCUT2D eigenvalue weighted by molar-refractivity contribution is 6.30. The van der Waals surface area contributed by atoms with E-state index in [1.54, 1.807) is 12.3 Å². The summed E-state index contributed by atoms with van der Waals surface area (Å²) in [7, 11) is 0. The SMILES string of the molecule is CCCN(CCC)C(=O)c1ccc(Nc2ccc(Cl)cc2)cn1. The van der Waals surface area contributed by atoms with E-state index in [2.05, 4.69) is 24.1 Å². The summed E-state index contributed by atoms with van der Waals surface area (Å²) in [6.45, 7) is 5.67. The molecule has 0 bridgehead atoms. The molecule has 1 amide bonds. The maximum absolute atomic E-state index is 12.5. The van der Waals surface area contributed by atoms with Crippen molar-refractivity contribution < 1.29 is 4.79 Å². The highest BCUT2D eigenvalue weighted by Gasteiger charge is 2.15. The predicted octanol–water partition coefficient (Wildman–Crippen LogP) is 4.74. The molecule has 23 heavy (non-hydrogen) atoms. The van der Waals surface area contributed by atoms with E-state index in [1.807, 2.05) is 35.2 Å². The van der Waals surface area contributed by atoms with Crippen molar-refractivity contribution in [2.45, 2.75) is 26.7 Å². The molecule has 0 aliphatic rings. The van der Waals surface area contributed by atoms with Crippen molar-refractivity contribution in [3.05, 3.63) is 53.3 Å². The summed E-state index contributed by atoms with van der Waals surface area (Å²) >= 11 is 5.87. The van der Waals surface area contributed by atoms with E-state index < -0.39 is 0 Å². The van der Waals surface area contributed by atoms with E-state index in [0.29, 0.717) is 10.7 Å². The highest BCUT2D eigenvalue weighted by Crippen LogP contribution is 2.18. The molecule has 0 spiro atoms. The molecule has 1 aromatic carbocycles. The molecule has 1 N–H and O–H groups in total. The molecule has 0 aliphatic carbocycles. The first-order valence-electron chi connectivity index (χ1n) is 7.92. The van der Waals surface area contributed by atoms with Crippen molar-refractivity contribution in [2.24, 2.45) is 0 Å². The largest absolute Gasteiger partial charge is 0.354 e. The van der Waals surface area contributed by atoms with Gasteiger partial charge in [-0.25, -0.2) is 4.98 Å². The van der Waals surface area contributed by atoms with Crippen LogP contribution in [0.25, 0.3) is 0 Å². The van der Waals surface area contributed by atoms with Crippen LogP contribution < -0.4 is 5.32 Å². The molecular formula is C18H22ClN3O. The van der Waals surface area contributed by atoms with Crippen LogP contribution in [0.3, 0.4) is 0 Å². The molecular weight excluding hydrogens is 310 g/mol. The number of benzene rings is 1. The number of nitrogens with zero attached hydrogens (tertiary/aromatic N) is 2. The maximum Gasteiger partial charge on any atom is 0.272 e. The van der Waals surface area contributed by atoms with E-state index in [9.17, 15) is 4.79 Å². The van der Waals surface area contributed by atoms with Gasteiger partial charge in [0.15, 0.2) is 0 Å². The zero-order valence-corrected chi connectivity index (χ0v) is 14.3. The van der Waals surface area contributed by atoms with Crippen LogP contribution in [-0.4, -0.2) is 28.9 Å². The molecule has 122 valence electrons. The fourth-order valence-corrected chi connectivity index (χ4v) is 2.44. The molecule has 0 fully saturated rings. The minimum absolute atomic E-state index is 0.00765. The minimum atomic E-state index is -0.00765. The second kappa shape index (κ2) is 8.53. The second-order valence-electron chi connectivity index (χ2n) is 5.36. The van der Waals surface area contributed by atoms with Gasteiger partial charge in [-0.2, -0.15) is 0 Å². The summed E-state index contributed by atoms with van der Waals surface area (Å²) in [4.78, 5) is 18.6. The number of amides is 1. The molecule has 0 radical (unpaired) electrons. The molecule has 1 aromatic heterocycles. The molecule has 1 heterocycles. The summed E-state index contributed by atoms with van der Waals surface area (Å²) in [5.41, 5.74) is 2.24. The molecule has 5 heteroatoms. The lowest BCUT2D eigenvalue weighted by atomic mass is 10.2. The number of halogens is 1. The van der Waals surface area contributed by atoms with Gasteiger partial charge in [0, 0.05) is 23.8 Å². The average molecular weight is 332 g/mol. The quantitative estimate of drug-likeness (QED) is 0.797. The van der Waals surface area contributed by atoms with Gasteiger partial charge in [-0.15, -0.1) is 0 Å². The molecule has 0 saturated carbocycles. The lowest BCUT2D eigenvalue weighted by Gasteiger charge is -2.21. The average Bonchev–Trinajstić information content (AvgIpc) is 2.57. The van der Waals surface area contributed by atoms with Gasteiger partial charge in [-0.3, -0.25) is 4.79 Å². The number of hydrogen-bond acceptors (Lipinski definition) is 3. The fraction of sp³-hybridized carbons (Fsp3) is 0.333. The first-order chi connectivity index (χ1) is 11.1. The molecule has 2 rings (SSSR count). The third-order valence-electron chi connectivity index (χ3n) is 3.39. The van der Waals surface area contributed by atoms with Gasteiger partial charge in [0.25, 0.3) is 5.91 Å². The third kappa shape index (κ3) is 4.96. The van der Waals surface area contributed by atoms with Gasteiger partial charge >= 0.3 is 0 Å². The summed E-state index contributed by atoms with van der Waals surface area (Å²) in [6.07, 6.45) is 3.57. The number of hydrogen-bond donors (Lipinski definition) is 1. The van der Waals surface area contributed by atoms with Gasteiger partial charge in [0.2, 0.25) is 0 Å². The van der Waals surface area contributed by atoms with Crippen molar-refractivity contribution in [3.8, 4) is 0 Å². The Morgan fingerprint density at radius 3 is 2.17 bits per heavy atom. The number of carbonyl (C=O) groups excluding carboxylic acids is 1. The van der Waals surface area contributed by atoms with Crippen LogP contribution in [-0.2, 0) is 0 Å². The van der Waals surface area contributed by atoms with Crippen molar-refractivity contribution in [1.82, 2.24) is 9.88 Å². The number of aromatic nitrogens is 1. The lowest BCUT2D eigenvalue weighted by Crippen LogP contribution is -2.33. The standard InChI is InChI=1S/C18H22ClN3O/c1-3-11-22(12-4-2)18(23)17-10-9-16(13-20-17)21-15-7-5-14(19)6-8-15/h5-10,13,21H,3-4,11-12H2,1-2H3. The summed E-state index contributed by atoms with van der Waals surface area (Å²) in [5.74, 6) is -0.00765. The van der Waals surface area contributed by atoms with Gasteiger partial charge < -0.3 is 10.2 Å². The van der Waals surface area contributed by atoms with E-state index >= 15 is 0 Å². The molecule has 0 saturated heterocycles. The Kier molecular flexibility index (Phi) is 6.41. The van der Waals surface area contributed by atoms with Gasteiger partial charge in [0.05, 0.1) is 11.9 Å². The van der Waals surface area contributed by atoms with Crippen LogP contribution in [0.1, 0.15) is 37.2 Å². The third-order valence-corrected chi connectivity index (χ3v) is 3.64. The molecule has 0 unspecified atom stereocenters. The van der Waals surface area contributed by atoms with E-state index in [4.69, 9.17) is 11.6 Å². The van der Waals surface area contributed by atoms with Gasteiger partial charge in [-0.05, 0) is 49.2 Å². The maximum atomic E-state index is 12.5. The lowest BCUT2D eigenvalue weighted by molar-refractivity contribution is 0.0749. The summed E-state index contributed by atoms with van der Waals surface area (Å²) < 4.78 is 0. The zero-order chi connectivity index (χ0) is 16.7. The molecule has 0 aliphatic heterocycles. The Morgan fingerprint density at radius 2 is 1.65 bits per heavy atom. The smallest absolute Gasteiger partial charge is 0.272 e. The Hall–Kier alpha value is -2.07. The monoisotopic (exact) mass is 331 g/mol. The number of nitrogens with one attached hydrogen (secondary N) is 1.